The number of carbonyl (C=O) groups excluding carboxylic acids is 3. The normalized spacial score (nSPS) is 17.1. The van der Waals surface area contributed by atoms with Crippen molar-refractivity contribution in [1.82, 2.24) is 15.5 Å². The fraction of sp³-hybridized carbons (Fsp3) is 0.625. The van der Waals surface area contributed by atoms with Crippen LogP contribution < -0.4 is 10.6 Å². The zero-order valence-electron chi connectivity index (χ0n) is 8.00. The first-order chi connectivity index (χ1) is 6.65. The van der Waals surface area contributed by atoms with E-state index in [9.17, 15) is 14.4 Å². The second-order valence-corrected chi connectivity index (χ2v) is 2.93. The van der Waals surface area contributed by atoms with Gasteiger partial charge in [0, 0.05) is 6.54 Å². The second kappa shape index (κ2) is 4.71. The van der Waals surface area contributed by atoms with Crippen LogP contribution in [0.5, 0.6) is 0 Å². The minimum Gasteiger partial charge on any atom is -0.355 e. The molecule has 6 heteroatoms. The van der Waals surface area contributed by atoms with Crippen LogP contribution in [0.25, 0.3) is 0 Å². The third-order valence-corrected chi connectivity index (χ3v) is 1.83. The average Bonchev–Trinajstić information content (AvgIpc) is 2.12. The number of hydrogen-bond acceptors (Lipinski definition) is 4. The highest BCUT2D eigenvalue weighted by molar-refractivity contribution is 6.02. The predicted molar refractivity (Wildman–Crippen MR) is 48.3 cm³/mol. The lowest BCUT2D eigenvalue weighted by Gasteiger charge is -2.24. The van der Waals surface area contributed by atoms with Crippen molar-refractivity contribution >= 4 is 17.7 Å². The molecule has 0 atom stereocenters. The Morgan fingerprint density at radius 3 is 2.50 bits per heavy atom. The van der Waals surface area contributed by atoms with Crippen molar-refractivity contribution in [2.45, 2.75) is 6.92 Å². The SMILES string of the molecule is CCNC(=O)CN1C(=O)CNCC1=O. The van der Waals surface area contributed by atoms with E-state index in [0.717, 1.165) is 4.90 Å². The molecule has 0 aromatic carbocycles. The summed E-state index contributed by atoms with van der Waals surface area (Å²) in [5.74, 6) is -1.02. The van der Waals surface area contributed by atoms with Crippen LogP contribution in [0, 0.1) is 0 Å². The van der Waals surface area contributed by atoms with Crippen molar-refractivity contribution in [3.8, 4) is 0 Å². The quantitative estimate of drug-likeness (QED) is 0.519. The summed E-state index contributed by atoms with van der Waals surface area (Å²) in [4.78, 5) is 34.5. The lowest BCUT2D eigenvalue weighted by Crippen LogP contribution is -2.54. The average molecular weight is 199 g/mol. The van der Waals surface area contributed by atoms with Gasteiger partial charge in [-0.2, -0.15) is 0 Å². The first kappa shape index (κ1) is 10.6. The zero-order chi connectivity index (χ0) is 10.6. The van der Waals surface area contributed by atoms with Crippen molar-refractivity contribution < 1.29 is 14.4 Å². The van der Waals surface area contributed by atoms with E-state index in [-0.39, 0.29) is 37.4 Å². The van der Waals surface area contributed by atoms with E-state index in [4.69, 9.17) is 0 Å². The number of hydrogen-bond donors (Lipinski definition) is 2. The Morgan fingerprint density at radius 1 is 1.43 bits per heavy atom. The first-order valence-corrected chi connectivity index (χ1v) is 4.45. The first-order valence-electron chi connectivity index (χ1n) is 4.45. The standard InChI is InChI=1S/C8H13N3O3/c1-2-10-6(12)5-11-7(13)3-9-4-8(11)14/h9H,2-5H2,1H3,(H,10,12). The topological polar surface area (TPSA) is 78.5 Å². The molecule has 1 aliphatic rings. The van der Waals surface area contributed by atoms with Crippen LogP contribution in [0.4, 0.5) is 0 Å². The highest BCUT2D eigenvalue weighted by Gasteiger charge is 2.26. The molecular weight excluding hydrogens is 186 g/mol. The van der Waals surface area contributed by atoms with Crippen LogP contribution in [0.3, 0.4) is 0 Å². The monoisotopic (exact) mass is 199 g/mol. The molecule has 1 aliphatic heterocycles. The van der Waals surface area contributed by atoms with Gasteiger partial charge in [-0.15, -0.1) is 0 Å². The number of rotatable bonds is 3. The van der Waals surface area contributed by atoms with E-state index in [2.05, 4.69) is 10.6 Å². The van der Waals surface area contributed by atoms with Crippen molar-refractivity contribution in [3.05, 3.63) is 0 Å². The molecule has 0 radical (unpaired) electrons. The summed E-state index contributed by atoms with van der Waals surface area (Å²) < 4.78 is 0. The van der Waals surface area contributed by atoms with Gasteiger partial charge in [0.05, 0.1) is 13.1 Å². The Balaban J connectivity index is 2.52. The van der Waals surface area contributed by atoms with Gasteiger partial charge in [-0.3, -0.25) is 24.6 Å². The lowest BCUT2D eigenvalue weighted by molar-refractivity contribution is -0.149. The summed E-state index contributed by atoms with van der Waals surface area (Å²) in [6, 6.07) is 0. The van der Waals surface area contributed by atoms with Crippen LogP contribution in [0.1, 0.15) is 6.92 Å². The minimum atomic E-state index is -0.354. The molecule has 1 rings (SSSR count). The van der Waals surface area contributed by atoms with E-state index < -0.39 is 0 Å². The number of carbonyl (C=O) groups is 3. The summed E-state index contributed by atoms with van der Waals surface area (Å²) in [5, 5.41) is 5.18. The molecule has 1 fully saturated rings. The molecule has 0 aromatic heterocycles. The maximum absolute atomic E-state index is 11.2. The Kier molecular flexibility index (Phi) is 3.58. The lowest BCUT2D eigenvalue weighted by atomic mass is 10.3. The van der Waals surface area contributed by atoms with Gasteiger partial charge < -0.3 is 5.32 Å². The smallest absolute Gasteiger partial charge is 0.243 e. The molecular formula is C8H13N3O3. The molecule has 1 heterocycles. The molecule has 0 aromatic rings. The van der Waals surface area contributed by atoms with Crippen LogP contribution in [-0.4, -0.2) is 48.8 Å². The van der Waals surface area contributed by atoms with Gasteiger partial charge >= 0.3 is 0 Å². The highest BCUT2D eigenvalue weighted by Crippen LogP contribution is 1.95. The van der Waals surface area contributed by atoms with Crippen molar-refractivity contribution in [2.75, 3.05) is 26.2 Å². The summed E-state index contributed by atoms with van der Waals surface area (Å²) in [5.41, 5.74) is 0. The molecule has 6 nitrogen and oxygen atoms in total. The van der Waals surface area contributed by atoms with Crippen LogP contribution in [-0.2, 0) is 14.4 Å². The molecule has 3 amide bonds. The maximum Gasteiger partial charge on any atom is 0.243 e. The van der Waals surface area contributed by atoms with E-state index in [1.165, 1.54) is 0 Å². The third-order valence-electron chi connectivity index (χ3n) is 1.83. The summed E-state index contributed by atoms with van der Waals surface area (Å²) in [6.45, 7) is 2.33. The third kappa shape index (κ3) is 2.53. The Labute approximate surface area is 81.6 Å². The van der Waals surface area contributed by atoms with Gasteiger partial charge in [-0.05, 0) is 6.92 Å². The summed E-state index contributed by atoms with van der Waals surface area (Å²) in [6.07, 6.45) is 0. The zero-order valence-corrected chi connectivity index (χ0v) is 8.00. The Hall–Kier alpha value is -1.43. The molecule has 0 unspecified atom stereocenters. The second-order valence-electron chi connectivity index (χ2n) is 2.93. The maximum atomic E-state index is 11.2. The fourth-order valence-corrected chi connectivity index (χ4v) is 1.18. The Morgan fingerprint density at radius 2 is 2.00 bits per heavy atom. The number of likely N-dealkylation sites (N-methyl/N-ethyl adjacent to an activating group) is 1. The van der Waals surface area contributed by atoms with Crippen molar-refractivity contribution in [1.29, 1.82) is 0 Å². The molecule has 0 aliphatic carbocycles. The van der Waals surface area contributed by atoms with E-state index in [1.54, 1.807) is 6.92 Å². The predicted octanol–water partition coefficient (Wildman–Crippen LogP) is -1.92. The van der Waals surface area contributed by atoms with Gasteiger partial charge in [0.2, 0.25) is 17.7 Å². The van der Waals surface area contributed by atoms with E-state index in [1.807, 2.05) is 0 Å². The molecule has 0 spiro atoms. The summed E-state index contributed by atoms with van der Waals surface area (Å²) >= 11 is 0. The van der Waals surface area contributed by atoms with Gasteiger partial charge in [0.15, 0.2) is 0 Å². The number of nitrogens with zero attached hydrogens (tertiary/aromatic N) is 1. The van der Waals surface area contributed by atoms with E-state index in [0.29, 0.717) is 6.54 Å². The van der Waals surface area contributed by atoms with Crippen molar-refractivity contribution in [2.24, 2.45) is 0 Å². The highest BCUT2D eigenvalue weighted by atomic mass is 16.2. The number of imide groups is 1. The van der Waals surface area contributed by atoms with E-state index >= 15 is 0 Å². The largest absolute Gasteiger partial charge is 0.355 e. The molecule has 14 heavy (non-hydrogen) atoms. The van der Waals surface area contributed by atoms with Crippen LogP contribution >= 0.6 is 0 Å². The van der Waals surface area contributed by atoms with Gasteiger partial charge in [0.1, 0.15) is 6.54 Å². The number of amides is 3. The van der Waals surface area contributed by atoms with Crippen molar-refractivity contribution in [3.63, 3.8) is 0 Å². The van der Waals surface area contributed by atoms with Crippen LogP contribution in [0.15, 0.2) is 0 Å². The number of piperazine rings is 1. The molecule has 0 saturated carbocycles. The Bertz CT molecular complexity index is 249. The van der Waals surface area contributed by atoms with Gasteiger partial charge in [-0.25, -0.2) is 0 Å². The van der Waals surface area contributed by atoms with Crippen LogP contribution in [0.2, 0.25) is 0 Å². The van der Waals surface area contributed by atoms with Gasteiger partial charge in [-0.1, -0.05) is 0 Å². The molecule has 78 valence electrons. The number of nitrogens with one attached hydrogen (secondary N) is 2. The molecule has 1 saturated heterocycles. The molecule has 2 N–H and O–H groups in total. The van der Waals surface area contributed by atoms with Gasteiger partial charge in [0.25, 0.3) is 0 Å². The minimum absolute atomic E-state index is 0.116. The summed E-state index contributed by atoms with van der Waals surface area (Å²) in [7, 11) is 0. The molecule has 0 bridgehead atoms. The fourth-order valence-electron chi connectivity index (χ4n) is 1.18.